The van der Waals surface area contributed by atoms with Crippen LogP contribution >= 0.6 is 0 Å². The lowest BCUT2D eigenvalue weighted by Gasteiger charge is -2.32. The van der Waals surface area contributed by atoms with Crippen molar-refractivity contribution in [2.45, 2.75) is 19.3 Å². The van der Waals surface area contributed by atoms with Crippen molar-refractivity contribution in [1.82, 2.24) is 15.2 Å². The first-order valence-electron chi connectivity index (χ1n) is 7.35. The molecule has 0 spiro atoms. The highest BCUT2D eigenvalue weighted by molar-refractivity contribution is 5.82. The van der Waals surface area contributed by atoms with Crippen LogP contribution in [0.2, 0.25) is 0 Å². The van der Waals surface area contributed by atoms with Gasteiger partial charge in [0.05, 0.1) is 12.3 Å². The van der Waals surface area contributed by atoms with E-state index in [1.165, 1.54) is 0 Å². The van der Waals surface area contributed by atoms with Gasteiger partial charge in [0.2, 0.25) is 11.8 Å². The second-order valence-electron chi connectivity index (χ2n) is 5.29. The fraction of sp³-hybridized carbons (Fsp3) is 0.533. The summed E-state index contributed by atoms with van der Waals surface area (Å²) in [6.45, 7) is 2.15. The summed E-state index contributed by atoms with van der Waals surface area (Å²) in [6.07, 6.45) is 5.42. The van der Waals surface area contributed by atoms with Crippen molar-refractivity contribution in [3.8, 4) is 0 Å². The minimum Gasteiger partial charge on any atom is -0.355 e. The maximum atomic E-state index is 12.3. The molecule has 1 atom stereocenters. The van der Waals surface area contributed by atoms with Gasteiger partial charge in [0.15, 0.2) is 0 Å². The Morgan fingerprint density at radius 3 is 2.86 bits per heavy atom. The Kier molecular flexibility index (Phi) is 5.68. The van der Waals surface area contributed by atoms with Crippen LogP contribution in [-0.4, -0.2) is 47.9 Å². The average molecular weight is 290 g/mol. The molecule has 3 N–H and O–H groups in total. The van der Waals surface area contributed by atoms with E-state index in [2.05, 4.69) is 10.3 Å². The number of carbonyl (C=O) groups excluding carboxylic acids is 2. The lowest BCUT2D eigenvalue weighted by Crippen LogP contribution is -2.46. The van der Waals surface area contributed by atoms with E-state index in [1.54, 1.807) is 17.3 Å². The molecule has 0 radical (unpaired) electrons. The molecule has 1 aliphatic heterocycles. The van der Waals surface area contributed by atoms with Crippen LogP contribution < -0.4 is 11.1 Å². The predicted molar refractivity (Wildman–Crippen MR) is 79.3 cm³/mol. The molecule has 0 bridgehead atoms. The molecular weight excluding hydrogens is 268 g/mol. The zero-order valence-electron chi connectivity index (χ0n) is 12.1. The zero-order chi connectivity index (χ0) is 15.1. The number of rotatable bonds is 5. The molecule has 6 heteroatoms. The van der Waals surface area contributed by atoms with Gasteiger partial charge < -0.3 is 16.0 Å². The molecule has 2 amide bonds. The van der Waals surface area contributed by atoms with Gasteiger partial charge in [0.1, 0.15) is 0 Å². The van der Waals surface area contributed by atoms with Crippen molar-refractivity contribution in [2.75, 3.05) is 26.2 Å². The highest BCUT2D eigenvalue weighted by Gasteiger charge is 2.27. The van der Waals surface area contributed by atoms with E-state index in [1.807, 2.05) is 12.1 Å². The van der Waals surface area contributed by atoms with Gasteiger partial charge in [-0.1, -0.05) is 0 Å². The fourth-order valence-electron chi connectivity index (χ4n) is 2.54. The van der Waals surface area contributed by atoms with Gasteiger partial charge >= 0.3 is 0 Å². The number of amides is 2. The van der Waals surface area contributed by atoms with Crippen LogP contribution in [0, 0.1) is 5.92 Å². The third kappa shape index (κ3) is 4.53. The summed E-state index contributed by atoms with van der Waals surface area (Å²) in [6, 6.07) is 3.68. The third-order valence-electron chi connectivity index (χ3n) is 3.69. The van der Waals surface area contributed by atoms with E-state index >= 15 is 0 Å². The largest absolute Gasteiger partial charge is 0.355 e. The Morgan fingerprint density at radius 2 is 2.14 bits per heavy atom. The first kappa shape index (κ1) is 15.4. The van der Waals surface area contributed by atoms with Gasteiger partial charge in [-0.2, -0.15) is 0 Å². The number of nitrogens with zero attached hydrogens (tertiary/aromatic N) is 2. The van der Waals surface area contributed by atoms with Crippen molar-refractivity contribution >= 4 is 11.8 Å². The molecule has 6 nitrogen and oxygen atoms in total. The molecule has 114 valence electrons. The summed E-state index contributed by atoms with van der Waals surface area (Å²) in [5, 5.41) is 2.80. The summed E-state index contributed by atoms with van der Waals surface area (Å²) in [5.74, 6) is -0.0499. The summed E-state index contributed by atoms with van der Waals surface area (Å²) in [4.78, 5) is 30.0. The maximum Gasteiger partial charge on any atom is 0.227 e. The Labute approximate surface area is 124 Å². The van der Waals surface area contributed by atoms with Gasteiger partial charge in [0, 0.05) is 38.6 Å². The zero-order valence-corrected chi connectivity index (χ0v) is 12.1. The molecule has 1 saturated heterocycles. The number of hydrogen-bond acceptors (Lipinski definition) is 4. The Balaban J connectivity index is 1.88. The first-order valence-corrected chi connectivity index (χ1v) is 7.35. The molecule has 1 unspecified atom stereocenters. The predicted octanol–water partition coefficient (Wildman–Crippen LogP) is -0.0624. The summed E-state index contributed by atoms with van der Waals surface area (Å²) in [5.41, 5.74) is 6.33. The van der Waals surface area contributed by atoms with E-state index in [0.29, 0.717) is 26.1 Å². The quantitative estimate of drug-likeness (QED) is 0.795. The van der Waals surface area contributed by atoms with Crippen LogP contribution in [0.1, 0.15) is 18.4 Å². The third-order valence-corrected chi connectivity index (χ3v) is 3.69. The fourth-order valence-corrected chi connectivity index (χ4v) is 2.54. The molecule has 0 aromatic carbocycles. The molecule has 0 saturated carbocycles. The van der Waals surface area contributed by atoms with Crippen LogP contribution in [0.5, 0.6) is 0 Å². The van der Waals surface area contributed by atoms with Gasteiger partial charge in [-0.3, -0.25) is 14.6 Å². The molecule has 2 rings (SSSR count). The summed E-state index contributed by atoms with van der Waals surface area (Å²) in [7, 11) is 0. The lowest BCUT2D eigenvalue weighted by atomic mass is 9.96. The standard InChI is InChI=1S/C15H22N4O2/c16-5-8-18-15(21)13-2-1-9-19(11-13)14(20)10-12-3-6-17-7-4-12/h3-4,6-7,13H,1-2,5,8-11,16H2,(H,18,21). The molecule has 2 heterocycles. The van der Waals surface area contributed by atoms with Crippen LogP contribution in [0.25, 0.3) is 0 Å². The van der Waals surface area contributed by atoms with Crippen molar-refractivity contribution < 1.29 is 9.59 Å². The minimum atomic E-state index is -0.119. The van der Waals surface area contributed by atoms with Crippen molar-refractivity contribution in [2.24, 2.45) is 11.7 Å². The van der Waals surface area contributed by atoms with E-state index in [9.17, 15) is 9.59 Å². The Morgan fingerprint density at radius 1 is 1.38 bits per heavy atom. The van der Waals surface area contributed by atoms with Crippen molar-refractivity contribution in [3.63, 3.8) is 0 Å². The second-order valence-corrected chi connectivity index (χ2v) is 5.29. The molecular formula is C15H22N4O2. The van der Waals surface area contributed by atoms with Gasteiger partial charge in [0.25, 0.3) is 0 Å². The smallest absolute Gasteiger partial charge is 0.227 e. The highest BCUT2D eigenvalue weighted by atomic mass is 16.2. The average Bonchev–Trinajstić information content (AvgIpc) is 2.53. The number of aromatic nitrogens is 1. The molecule has 0 aliphatic carbocycles. The number of piperidine rings is 1. The Bertz CT molecular complexity index is 478. The van der Waals surface area contributed by atoms with E-state index in [4.69, 9.17) is 5.73 Å². The van der Waals surface area contributed by atoms with E-state index in [0.717, 1.165) is 24.9 Å². The van der Waals surface area contributed by atoms with Crippen molar-refractivity contribution in [1.29, 1.82) is 0 Å². The monoisotopic (exact) mass is 290 g/mol. The first-order chi connectivity index (χ1) is 10.2. The SMILES string of the molecule is NCCNC(=O)C1CCCN(C(=O)Cc2ccncc2)C1. The molecule has 1 aromatic heterocycles. The number of pyridine rings is 1. The highest BCUT2D eigenvalue weighted by Crippen LogP contribution is 2.17. The summed E-state index contributed by atoms with van der Waals surface area (Å²) >= 11 is 0. The van der Waals surface area contributed by atoms with E-state index in [-0.39, 0.29) is 17.7 Å². The molecule has 1 fully saturated rings. The van der Waals surface area contributed by atoms with Crippen LogP contribution in [0.15, 0.2) is 24.5 Å². The van der Waals surface area contributed by atoms with Crippen LogP contribution in [-0.2, 0) is 16.0 Å². The topological polar surface area (TPSA) is 88.3 Å². The number of carbonyl (C=O) groups is 2. The molecule has 1 aliphatic rings. The normalized spacial score (nSPS) is 18.3. The lowest BCUT2D eigenvalue weighted by molar-refractivity contribution is -0.135. The van der Waals surface area contributed by atoms with Crippen LogP contribution in [0.4, 0.5) is 0 Å². The van der Waals surface area contributed by atoms with Crippen LogP contribution in [0.3, 0.4) is 0 Å². The second kappa shape index (κ2) is 7.73. The number of likely N-dealkylation sites (tertiary alicyclic amines) is 1. The van der Waals surface area contributed by atoms with Gasteiger partial charge in [-0.15, -0.1) is 0 Å². The number of hydrogen-bond donors (Lipinski definition) is 2. The number of nitrogens with one attached hydrogen (secondary N) is 1. The number of nitrogens with two attached hydrogens (primary N) is 1. The summed E-state index contributed by atoms with van der Waals surface area (Å²) < 4.78 is 0. The molecule has 1 aromatic rings. The van der Waals surface area contributed by atoms with Gasteiger partial charge in [-0.25, -0.2) is 0 Å². The van der Waals surface area contributed by atoms with E-state index < -0.39 is 0 Å². The minimum absolute atomic E-state index is 0.00172. The van der Waals surface area contributed by atoms with Crippen molar-refractivity contribution in [3.05, 3.63) is 30.1 Å². The molecule has 21 heavy (non-hydrogen) atoms. The maximum absolute atomic E-state index is 12.3. The van der Waals surface area contributed by atoms with Gasteiger partial charge in [-0.05, 0) is 30.5 Å². The Hall–Kier alpha value is -1.95.